The molecule has 7 nitrogen and oxygen atoms in total. The molecular weight excluding hydrogens is 474 g/mol. The molecule has 1 fully saturated rings. The monoisotopic (exact) mass is 504 g/mol. The average Bonchev–Trinajstić information content (AvgIpc) is 2.87. The molecule has 0 amide bonds. The SMILES string of the molecule is CCc1cccc2ccc(C#Cc3ccc(N4CCN(N(C(C)CC(=O)O)S(=O)[O-])CC4)cc3)cc12. The number of fused-ring (bicyclic) bond motifs is 1. The van der Waals surface area contributed by atoms with Gasteiger partial charge in [-0.05, 0) is 66.1 Å². The molecule has 1 heterocycles. The van der Waals surface area contributed by atoms with E-state index in [0.29, 0.717) is 26.2 Å². The fourth-order valence-electron chi connectivity index (χ4n) is 4.63. The summed E-state index contributed by atoms with van der Waals surface area (Å²) in [5.41, 5.74) is 4.28. The normalized spacial score (nSPS) is 15.9. The zero-order valence-electron chi connectivity index (χ0n) is 20.5. The van der Waals surface area contributed by atoms with Crippen LogP contribution in [0.1, 0.15) is 37.0 Å². The molecular formula is C28H30N3O4S-. The first-order valence-electron chi connectivity index (χ1n) is 12.1. The lowest BCUT2D eigenvalue weighted by Crippen LogP contribution is -2.57. The number of hydrogen-bond donors (Lipinski definition) is 1. The van der Waals surface area contributed by atoms with Crippen molar-refractivity contribution in [3.05, 3.63) is 77.4 Å². The number of hydrazine groups is 1. The van der Waals surface area contributed by atoms with Crippen molar-refractivity contribution in [3.63, 3.8) is 0 Å². The van der Waals surface area contributed by atoms with Crippen molar-refractivity contribution in [2.75, 3.05) is 31.1 Å². The number of piperazine rings is 1. The van der Waals surface area contributed by atoms with Crippen molar-refractivity contribution in [3.8, 4) is 11.8 Å². The Labute approximate surface area is 214 Å². The van der Waals surface area contributed by atoms with E-state index in [-0.39, 0.29) is 6.42 Å². The summed E-state index contributed by atoms with van der Waals surface area (Å²) >= 11 is -2.52. The molecule has 0 radical (unpaired) electrons. The van der Waals surface area contributed by atoms with E-state index in [2.05, 4.69) is 60.1 Å². The van der Waals surface area contributed by atoms with Gasteiger partial charge < -0.3 is 14.6 Å². The highest BCUT2D eigenvalue weighted by atomic mass is 32.2. The second-order valence-electron chi connectivity index (χ2n) is 8.91. The van der Waals surface area contributed by atoms with Crippen LogP contribution in [0.2, 0.25) is 0 Å². The minimum atomic E-state index is -2.52. The Morgan fingerprint density at radius 2 is 1.72 bits per heavy atom. The minimum absolute atomic E-state index is 0.240. The largest absolute Gasteiger partial charge is 0.759 e. The highest BCUT2D eigenvalue weighted by Crippen LogP contribution is 2.22. The van der Waals surface area contributed by atoms with Gasteiger partial charge in [-0.2, -0.15) is 4.41 Å². The maximum Gasteiger partial charge on any atom is 0.305 e. The molecule has 3 aromatic rings. The molecule has 188 valence electrons. The number of carboxylic acids is 1. The predicted octanol–water partition coefficient (Wildman–Crippen LogP) is 3.80. The molecule has 2 unspecified atom stereocenters. The van der Waals surface area contributed by atoms with Crippen LogP contribution in [0.15, 0.2) is 60.7 Å². The number of rotatable bonds is 7. The Balaban J connectivity index is 1.40. The number of anilines is 1. The summed E-state index contributed by atoms with van der Waals surface area (Å²) < 4.78 is 24.6. The molecule has 36 heavy (non-hydrogen) atoms. The first-order valence-corrected chi connectivity index (χ1v) is 13.1. The third-order valence-electron chi connectivity index (χ3n) is 6.47. The lowest BCUT2D eigenvalue weighted by molar-refractivity contribution is -0.139. The van der Waals surface area contributed by atoms with E-state index in [1.54, 1.807) is 11.9 Å². The van der Waals surface area contributed by atoms with Gasteiger partial charge in [0, 0.05) is 60.3 Å². The van der Waals surface area contributed by atoms with E-state index in [1.807, 2.05) is 24.3 Å². The summed E-state index contributed by atoms with van der Waals surface area (Å²) in [6.45, 7) is 6.01. The van der Waals surface area contributed by atoms with Gasteiger partial charge >= 0.3 is 5.97 Å². The quantitative estimate of drug-likeness (QED) is 0.389. The Morgan fingerprint density at radius 1 is 1.06 bits per heavy atom. The van der Waals surface area contributed by atoms with Crippen LogP contribution < -0.4 is 4.90 Å². The maximum absolute atomic E-state index is 11.7. The Morgan fingerprint density at radius 3 is 2.36 bits per heavy atom. The van der Waals surface area contributed by atoms with Crippen molar-refractivity contribution in [1.82, 2.24) is 9.42 Å². The van der Waals surface area contributed by atoms with Crippen LogP contribution in [-0.2, 0) is 22.5 Å². The van der Waals surface area contributed by atoms with Gasteiger partial charge in [-0.25, -0.2) is 5.01 Å². The van der Waals surface area contributed by atoms with Gasteiger partial charge in [0.25, 0.3) is 0 Å². The summed E-state index contributed by atoms with van der Waals surface area (Å²) in [5, 5.41) is 13.2. The Kier molecular flexibility index (Phi) is 8.39. The van der Waals surface area contributed by atoms with Crippen LogP contribution in [0.4, 0.5) is 5.69 Å². The highest BCUT2D eigenvalue weighted by Gasteiger charge is 2.27. The zero-order chi connectivity index (χ0) is 25.7. The molecule has 0 aliphatic carbocycles. The van der Waals surface area contributed by atoms with Gasteiger partial charge in [-0.15, -0.1) is 0 Å². The smallest absolute Gasteiger partial charge is 0.305 e. The molecule has 0 bridgehead atoms. The van der Waals surface area contributed by atoms with E-state index in [1.165, 1.54) is 16.3 Å². The number of aliphatic carboxylic acids is 1. The molecule has 8 heteroatoms. The minimum Gasteiger partial charge on any atom is -0.759 e. The van der Waals surface area contributed by atoms with Gasteiger partial charge in [-0.3, -0.25) is 9.00 Å². The fourth-order valence-corrected chi connectivity index (χ4v) is 5.35. The van der Waals surface area contributed by atoms with Crippen LogP contribution >= 0.6 is 0 Å². The van der Waals surface area contributed by atoms with Gasteiger partial charge in [0.15, 0.2) is 0 Å². The number of aryl methyl sites for hydroxylation is 1. The topological polar surface area (TPSA) is 87.2 Å². The average molecular weight is 505 g/mol. The summed E-state index contributed by atoms with van der Waals surface area (Å²) in [4.78, 5) is 13.2. The van der Waals surface area contributed by atoms with Crippen molar-refractivity contribution < 1.29 is 18.7 Å². The molecule has 1 saturated heterocycles. The summed E-state index contributed by atoms with van der Waals surface area (Å²) in [5.74, 6) is 5.51. The molecule has 0 aromatic heterocycles. The van der Waals surface area contributed by atoms with Gasteiger partial charge in [0.05, 0.1) is 6.42 Å². The van der Waals surface area contributed by atoms with E-state index >= 15 is 0 Å². The molecule has 1 aliphatic heterocycles. The van der Waals surface area contributed by atoms with E-state index in [4.69, 9.17) is 5.11 Å². The van der Waals surface area contributed by atoms with E-state index < -0.39 is 23.3 Å². The third-order valence-corrected chi connectivity index (χ3v) is 7.37. The second kappa shape index (κ2) is 11.7. The number of carboxylic acid groups (broad SMARTS) is 1. The van der Waals surface area contributed by atoms with Crippen LogP contribution in [0.25, 0.3) is 10.8 Å². The van der Waals surface area contributed by atoms with Crippen molar-refractivity contribution in [1.29, 1.82) is 0 Å². The van der Waals surface area contributed by atoms with E-state index in [0.717, 1.165) is 27.6 Å². The number of benzene rings is 3. The fraction of sp³-hybridized carbons (Fsp3) is 0.321. The number of carbonyl (C=O) groups is 1. The van der Waals surface area contributed by atoms with Crippen molar-refractivity contribution >= 4 is 33.7 Å². The molecule has 2 atom stereocenters. The molecule has 4 rings (SSSR count). The van der Waals surface area contributed by atoms with Crippen LogP contribution in [0, 0.1) is 11.8 Å². The van der Waals surface area contributed by atoms with Gasteiger partial charge in [-0.1, -0.05) is 43.0 Å². The Bertz CT molecular complexity index is 1310. The second-order valence-corrected chi connectivity index (χ2v) is 9.72. The third kappa shape index (κ3) is 6.12. The molecule has 1 N–H and O–H groups in total. The van der Waals surface area contributed by atoms with E-state index in [9.17, 15) is 13.6 Å². The highest BCUT2D eigenvalue weighted by molar-refractivity contribution is 7.76. The summed E-state index contributed by atoms with van der Waals surface area (Å²) in [6.07, 6.45) is 0.744. The van der Waals surface area contributed by atoms with Gasteiger partial charge in [0.2, 0.25) is 0 Å². The molecule has 0 spiro atoms. The predicted molar refractivity (Wildman–Crippen MR) is 142 cm³/mol. The molecule has 1 aliphatic rings. The first-order chi connectivity index (χ1) is 17.4. The van der Waals surface area contributed by atoms with Crippen LogP contribution in [-0.4, -0.2) is 61.5 Å². The molecule has 3 aromatic carbocycles. The lowest BCUT2D eigenvalue weighted by Gasteiger charge is -2.44. The van der Waals surface area contributed by atoms with Crippen LogP contribution in [0.5, 0.6) is 0 Å². The first kappa shape index (κ1) is 25.9. The summed E-state index contributed by atoms with van der Waals surface area (Å²) in [7, 11) is 0. The Hall–Kier alpha value is -3.22. The number of hydrogen-bond acceptors (Lipinski definition) is 5. The summed E-state index contributed by atoms with van der Waals surface area (Å²) in [6, 6.07) is 20.1. The maximum atomic E-state index is 11.7. The van der Waals surface area contributed by atoms with Crippen molar-refractivity contribution in [2.45, 2.75) is 32.7 Å². The van der Waals surface area contributed by atoms with Crippen molar-refractivity contribution in [2.24, 2.45) is 0 Å². The van der Waals surface area contributed by atoms with Gasteiger partial charge in [0.1, 0.15) is 0 Å². The lowest BCUT2D eigenvalue weighted by atomic mass is 10.0. The zero-order valence-corrected chi connectivity index (χ0v) is 21.3. The molecule has 0 saturated carbocycles. The standard InChI is InChI=1S/C28H31N3O4S/c1-3-24-5-4-6-25-12-9-23(20-27(24)25)8-7-22-10-13-26(14-11-22)29-15-17-30(18-16-29)31(36(34)35)21(2)19-28(32)33/h4-6,9-14,20-21H,3,15-19H2,1-2H3,(H,32,33)(H,34,35)/p-1. The van der Waals surface area contributed by atoms with Crippen LogP contribution in [0.3, 0.4) is 0 Å². The number of nitrogens with zero attached hydrogens (tertiary/aromatic N) is 3.